The van der Waals surface area contributed by atoms with Crippen LogP contribution in [0.15, 0.2) is 10.9 Å². The first-order valence-corrected chi connectivity index (χ1v) is 5.02. The van der Waals surface area contributed by atoms with Gasteiger partial charge in [-0.1, -0.05) is 20.8 Å². The maximum atomic E-state index is 11.7. The molecule has 7 nitrogen and oxygen atoms in total. The third-order valence-corrected chi connectivity index (χ3v) is 2.30. The third-order valence-electron chi connectivity index (χ3n) is 2.30. The maximum absolute atomic E-state index is 11.7. The van der Waals surface area contributed by atoms with E-state index in [0.29, 0.717) is 5.69 Å². The molecular weight excluding hydrogens is 224 g/mol. The first-order chi connectivity index (χ1) is 7.79. The minimum atomic E-state index is -1.23. The molecule has 0 aliphatic carbocycles. The van der Waals surface area contributed by atoms with Crippen LogP contribution in [0.3, 0.4) is 0 Å². The normalized spacial score (nSPS) is 11.9. The molecule has 90 valence electrons. The Balaban J connectivity index is 2.74. The first-order valence-electron chi connectivity index (χ1n) is 5.02. The summed E-state index contributed by atoms with van der Waals surface area (Å²) in [5.74, 6) is -1.47. The van der Waals surface area contributed by atoms with Crippen LogP contribution >= 0.6 is 0 Å². The molecule has 2 heterocycles. The van der Waals surface area contributed by atoms with Gasteiger partial charge in [0.15, 0.2) is 0 Å². The number of rotatable bonds is 1. The van der Waals surface area contributed by atoms with Crippen LogP contribution in [0.5, 0.6) is 0 Å². The van der Waals surface area contributed by atoms with Crippen LogP contribution in [0.2, 0.25) is 0 Å². The number of H-pyrrole nitrogens is 1. The Morgan fingerprint density at radius 2 is 2.06 bits per heavy atom. The Bertz CT molecular complexity index is 648. The lowest BCUT2D eigenvalue weighted by atomic mass is 9.92. The van der Waals surface area contributed by atoms with Gasteiger partial charge in [0.05, 0.1) is 5.69 Å². The Morgan fingerprint density at radius 3 is 2.59 bits per heavy atom. The highest BCUT2D eigenvalue weighted by molar-refractivity contribution is 5.83. The van der Waals surface area contributed by atoms with Gasteiger partial charge in [0, 0.05) is 11.5 Å². The molecule has 2 N–H and O–H groups in total. The van der Waals surface area contributed by atoms with E-state index in [-0.39, 0.29) is 22.6 Å². The van der Waals surface area contributed by atoms with E-state index < -0.39 is 5.97 Å². The summed E-state index contributed by atoms with van der Waals surface area (Å²) < 4.78 is 1.01. The molecule has 0 spiro atoms. The van der Waals surface area contributed by atoms with Crippen molar-refractivity contribution in [3.05, 3.63) is 27.9 Å². The highest BCUT2D eigenvalue weighted by Crippen LogP contribution is 2.18. The van der Waals surface area contributed by atoms with Crippen LogP contribution in [0.1, 0.15) is 37.1 Å². The van der Waals surface area contributed by atoms with Crippen molar-refractivity contribution in [2.24, 2.45) is 0 Å². The number of carboxylic acids is 1. The molecule has 0 aliphatic rings. The average molecular weight is 236 g/mol. The minimum Gasteiger partial charge on any atom is -0.475 e. The van der Waals surface area contributed by atoms with Crippen LogP contribution in [0.4, 0.5) is 0 Å². The van der Waals surface area contributed by atoms with Crippen molar-refractivity contribution in [1.82, 2.24) is 19.6 Å². The molecule has 0 amide bonds. The Kier molecular flexibility index (Phi) is 2.27. The van der Waals surface area contributed by atoms with Gasteiger partial charge in [0.1, 0.15) is 0 Å². The van der Waals surface area contributed by atoms with E-state index in [9.17, 15) is 9.59 Å². The van der Waals surface area contributed by atoms with Crippen LogP contribution in [0, 0.1) is 0 Å². The predicted molar refractivity (Wildman–Crippen MR) is 59.3 cm³/mol. The summed E-state index contributed by atoms with van der Waals surface area (Å²) in [4.78, 5) is 30.4. The van der Waals surface area contributed by atoms with Gasteiger partial charge in [-0.2, -0.15) is 9.50 Å². The maximum Gasteiger partial charge on any atom is 0.373 e. The van der Waals surface area contributed by atoms with E-state index in [2.05, 4.69) is 15.1 Å². The average Bonchev–Trinajstić information content (AvgIpc) is 2.60. The lowest BCUT2D eigenvalue weighted by Gasteiger charge is -2.16. The largest absolute Gasteiger partial charge is 0.475 e. The van der Waals surface area contributed by atoms with Gasteiger partial charge in [-0.05, 0) is 0 Å². The van der Waals surface area contributed by atoms with Gasteiger partial charge in [-0.3, -0.25) is 9.89 Å². The zero-order chi connectivity index (χ0) is 12.8. The second-order valence-corrected chi connectivity index (χ2v) is 4.74. The summed E-state index contributed by atoms with van der Waals surface area (Å²) in [7, 11) is 0. The van der Waals surface area contributed by atoms with Crippen molar-refractivity contribution >= 4 is 11.7 Å². The van der Waals surface area contributed by atoms with Gasteiger partial charge in [-0.25, -0.2) is 9.78 Å². The van der Waals surface area contributed by atoms with E-state index in [1.807, 2.05) is 20.8 Å². The van der Waals surface area contributed by atoms with Gasteiger partial charge < -0.3 is 5.11 Å². The summed E-state index contributed by atoms with van der Waals surface area (Å²) in [6.07, 6.45) is 0. The van der Waals surface area contributed by atoms with Gasteiger partial charge in [0.25, 0.3) is 11.3 Å². The van der Waals surface area contributed by atoms with Gasteiger partial charge >= 0.3 is 5.97 Å². The van der Waals surface area contributed by atoms with Crippen molar-refractivity contribution in [2.45, 2.75) is 26.2 Å². The molecule has 2 rings (SSSR count). The van der Waals surface area contributed by atoms with E-state index >= 15 is 0 Å². The quantitative estimate of drug-likeness (QED) is 0.747. The number of aromatic nitrogens is 4. The summed E-state index contributed by atoms with van der Waals surface area (Å²) in [6.45, 7) is 5.74. The minimum absolute atomic E-state index is 0.0693. The van der Waals surface area contributed by atoms with Crippen LogP contribution < -0.4 is 5.56 Å². The van der Waals surface area contributed by atoms with E-state index in [1.165, 1.54) is 6.07 Å². The number of hydrogen-bond donors (Lipinski definition) is 2. The number of nitrogens with one attached hydrogen (secondary N) is 1. The number of aromatic carboxylic acids is 1. The molecule has 0 saturated carbocycles. The van der Waals surface area contributed by atoms with Crippen molar-refractivity contribution in [1.29, 1.82) is 0 Å². The summed E-state index contributed by atoms with van der Waals surface area (Å²) in [6, 6.07) is 1.37. The number of carbonyl (C=O) groups is 1. The van der Waals surface area contributed by atoms with Crippen LogP contribution in [-0.2, 0) is 5.41 Å². The molecule has 0 fully saturated rings. The second kappa shape index (κ2) is 3.41. The number of fused-ring (bicyclic) bond motifs is 1. The van der Waals surface area contributed by atoms with Crippen molar-refractivity contribution in [3.63, 3.8) is 0 Å². The number of aromatic amines is 1. The van der Waals surface area contributed by atoms with Crippen LogP contribution in [-0.4, -0.2) is 30.7 Å². The summed E-state index contributed by atoms with van der Waals surface area (Å²) in [5, 5.41) is 11.1. The molecule has 0 atom stereocenters. The molecule has 7 heteroatoms. The van der Waals surface area contributed by atoms with Crippen molar-refractivity contribution in [2.75, 3.05) is 0 Å². The topological polar surface area (TPSA) is 100 Å². The number of carboxylic acid groups (broad SMARTS) is 1. The molecule has 0 aliphatic heterocycles. The Morgan fingerprint density at radius 1 is 1.41 bits per heavy atom. The fraction of sp³-hybridized carbons (Fsp3) is 0.400. The highest BCUT2D eigenvalue weighted by atomic mass is 16.4. The molecule has 2 aromatic rings. The molecule has 17 heavy (non-hydrogen) atoms. The molecular formula is C10H12N4O3. The predicted octanol–water partition coefficient (Wildman–Crippen LogP) is 0.413. The van der Waals surface area contributed by atoms with E-state index in [4.69, 9.17) is 5.11 Å². The van der Waals surface area contributed by atoms with Gasteiger partial charge in [0.2, 0.25) is 5.82 Å². The van der Waals surface area contributed by atoms with Crippen LogP contribution in [0.25, 0.3) is 5.78 Å². The van der Waals surface area contributed by atoms with E-state index in [0.717, 1.165) is 4.52 Å². The summed E-state index contributed by atoms with van der Waals surface area (Å²) >= 11 is 0. The molecule has 0 saturated heterocycles. The standard InChI is InChI=1S/C10H12N4O3/c1-10(2,3)5-4-6(15)14-9(11-5)12-7(13-14)8(16)17/h4H,1-3H3,(H,16,17)(H,11,12,13). The lowest BCUT2D eigenvalue weighted by molar-refractivity contribution is 0.0684. The Labute approximate surface area is 96.1 Å². The molecule has 2 aromatic heterocycles. The number of nitrogens with zero attached hydrogens (tertiary/aromatic N) is 3. The monoisotopic (exact) mass is 236 g/mol. The summed E-state index contributed by atoms with van der Waals surface area (Å²) in [5.41, 5.74) is -0.0955. The fourth-order valence-corrected chi connectivity index (χ4v) is 1.36. The third kappa shape index (κ3) is 1.91. The molecule has 0 bridgehead atoms. The molecule has 0 radical (unpaired) electrons. The smallest absolute Gasteiger partial charge is 0.373 e. The van der Waals surface area contributed by atoms with Gasteiger partial charge in [-0.15, -0.1) is 0 Å². The van der Waals surface area contributed by atoms with E-state index in [1.54, 1.807) is 0 Å². The van der Waals surface area contributed by atoms with Crippen molar-refractivity contribution < 1.29 is 9.90 Å². The van der Waals surface area contributed by atoms with Crippen molar-refractivity contribution in [3.8, 4) is 0 Å². The molecule has 0 aromatic carbocycles. The number of hydrogen-bond acceptors (Lipinski definition) is 4. The lowest BCUT2D eigenvalue weighted by Crippen LogP contribution is -2.22. The SMILES string of the molecule is CC(C)(C)c1cc(=O)n2[nH]c(C(=O)O)nc2n1. The fourth-order valence-electron chi connectivity index (χ4n) is 1.36. The Hall–Kier alpha value is -2.18. The zero-order valence-corrected chi connectivity index (χ0v) is 9.68. The molecule has 0 unspecified atom stereocenters. The highest BCUT2D eigenvalue weighted by Gasteiger charge is 2.19. The zero-order valence-electron chi connectivity index (χ0n) is 9.68. The first kappa shape index (κ1) is 11.3. The second-order valence-electron chi connectivity index (χ2n) is 4.74.